The topological polar surface area (TPSA) is 26.0 Å². The summed E-state index contributed by atoms with van der Waals surface area (Å²) in [6, 6.07) is 72.2. The van der Waals surface area contributed by atoms with Crippen molar-refractivity contribution in [3.8, 4) is 22.3 Å². The van der Waals surface area contributed by atoms with Gasteiger partial charge in [-0.05, 0) is 137 Å². The van der Waals surface area contributed by atoms with E-state index in [9.17, 15) is 0 Å². The van der Waals surface area contributed by atoms with Crippen LogP contribution in [0.2, 0.25) is 0 Å². The normalized spacial score (nSPS) is 13.5. The van der Waals surface area contributed by atoms with Crippen LogP contribution in [0.4, 0.5) is 5.69 Å². The van der Waals surface area contributed by atoms with Gasteiger partial charge >= 0.3 is 0 Å². The van der Waals surface area contributed by atoms with E-state index < -0.39 is 0 Å². The van der Waals surface area contributed by atoms with Crippen LogP contribution in [-0.4, -0.2) is 0 Å². The molecule has 2 aliphatic rings. The number of nitrogen functional groups attached to an aromatic ring is 1. The van der Waals surface area contributed by atoms with E-state index in [2.05, 4.69) is 229 Å². The summed E-state index contributed by atoms with van der Waals surface area (Å²) < 4.78 is 2.30. The van der Waals surface area contributed by atoms with Crippen LogP contribution in [-0.2, 0) is 23.7 Å². The van der Waals surface area contributed by atoms with E-state index in [1.165, 1.54) is 93.7 Å². The fourth-order valence-corrected chi connectivity index (χ4v) is 11.0. The Labute approximate surface area is 400 Å². The van der Waals surface area contributed by atoms with Crippen LogP contribution in [0, 0.1) is 0 Å². The number of anilines is 1. The molecule has 10 aromatic carbocycles. The fraction of sp³-hybridized carbons (Fsp3) is 0.129. The Morgan fingerprint density at radius 3 is 1.12 bits per heavy atom. The molecule has 0 aromatic heterocycles. The molecule has 0 unspecified atom stereocenters. The van der Waals surface area contributed by atoms with Gasteiger partial charge < -0.3 is 5.73 Å². The van der Waals surface area contributed by atoms with Crippen LogP contribution >= 0.6 is 31.9 Å². The summed E-state index contributed by atoms with van der Waals surface area (Å²) in [5, 5.41) is 7.67. The third-order valence-electron chi connectivity index (χ3n) is 13.8. The van der Waals surface area contributed by atoms with Crippen molar-refractivity contribution in [3.05, 3.63) is 254 Å². The maximum atomic E-state index is 5.76. The molecule has 0 bridgehead atoms. The zero-order valence-electron chi connectivity index (χ0n) is 37.3. The van der Waals surface area contributed by atoms with E-state index >= 15 is 0 Å². The fourth-order valence-electron chi connectivity index (χ4n) is 10.3. The standard InChI is InChI=1S/C37H30.C15H12Br2.C10H9N/c1-37(2)35-23-25(21-29-13-7-11-27-9-3-5-15-31(27)29)17-19-33(35)34-20-18-26(24-36(34)37)22-30-14-8-12-28-10-4-6-16-32(28)30;1-15(2)13-7-9(16)3-5-11(13)12-6-4-10(17)8-14(12)15;11-10-7-3-5-8-4-1-2-6-9(8)10/h3-20,23-24H,21-22H2,1-2H3;3-8H,1-2H3;1-7H,11H2. The first-order valence-corrected chi connectivity index (χ1v) is 24.1. The molecule has 0 radical (unpaired) electrons. The Morgan fingerprint density at radius 2 is 0.692 bits per heavy atom. The Hall–Kier alpha value is -6.26. The van der Waals surface area contributed by atoms with Gasteiger partial charge in [0.1, 0.15) is 0 Å². The van der Waals surface area contributed by atoms with Gasteiger partial charge in [0.25, 0.3) is 0 Å². The zero-order chi connectivity index (χ0) is 44.9. The highest BCUT2D eigenvalue weighted by atomic mass is 79.9. The second kappa shape index (κ2) is 17.3. The van der Waals surface area contributed by atoms with Gasteiger partial charge in [0.2, 0.25) is 0 Å². The van der Waals surface area contributed by atoms with E-state index in [0.29, 0.717) is 0 Å². The molecular formula is C62H51Br2N. The van der Waals surface area contributed by atoms with Gasteiger partial charge in [0.15, 0.2) is 0 Å². The molecule has 0 amide bonds. The highest BCUT2D eigenvalue weighted by Crippen LogP contribution is 2.51. The van der Waals surface area contributed by atoms with Gasteiger partial charge in [-0.2, -0.15) is 0 Å². The molecule has 3 heteroatoms. The minimum absolute atomic E-state index is 0.0196. The van der Waals surface area contributed by atoms with Crippen LogP contribution in [0.1, 0.15) is 72.2 Å². The second-order valence-corrected chi connectivity index (χ2v) is 20.4. The smallest absolute Gasteiger partial charge is 0.0393 e. The maximum absolute atomic E-state index is 5.76. The van der Waals surface area contributed by atoms with Gasteiger partial charge in [-0.3, -0.25) is 0 Å². The van der Waals surface area contributed by atoms with Crippen molar-refractivity contribution in [2.24, 2.45) is 0 Å². The highest BCUT2D eigenvalue weighted by Gasteiger charge is 2.37. The Morgan fingerprint density at radius 1 is 0.354 bits per heavy atom. The summed E-state index contributed by atoms with van der Waals surface area (Å²) in [6.45, 7) is 9.36. The van der Waals surface area contributed by atoms with E-state index in [1.807, 2.05) is 30.3 Å². The van der Waals surface area contributed by atoms with Crippen molar-refractivity contribution in [1.82, 2.24) is 0 Å². The van der Waals surface area contributed by atoms with Crippen LogP contribution < -0.4 is 5.73 Å². The lowest BCUT2D eigenvalue weighted by Gasteiger charge is -2.23. The third-order valence-corrected chi connectivity index (χ3v) is 14.8. The summed E-state index contributed by atoms with van der Waals surface area (Å²) in [4.78, 5) is 0. The van der Waals surface area contributed by atoms with Crippen LogP contribution in [0.5, 0.6) is 0 Å². The molecule has 318 valence electrons. The van der Waals surface area contributed by atoms with Crippen LogP contribution in [0.3, 0.4) is 0 Å². The van der Waals surface area contributed by atoms with Crippen LogP contribution in [0.25, 0.3) is 54.6 Å². The zero-order valence-corrected chi connectivity index (χ0v) is 40.5. The van der Waals surface area contributed by atoms with E-state index in [0.717, 1.165) is 32.9 Å². The monoisotopic (exact) mass is 967 g/mol. The number of hydrogen-bond acceptors (Lipinski definition) is 1. The number of fused-ring (bicyclic) bond motifs is 9. The maximum Gasteiger partial charge on any atom is 0.0393 e. The molecule has 65 heavy (non-hydrogen) atoms. The second-order valence-electron chi connectivity index (χ2n) is 18.6. The molecule has 2 aliphatic carbocycles. The Bertz CT molecular complexity index is 3230. The van der Waals surface area contributed by atoms with E-state index in [1.54, 1.807) is 0 Å². The van der Waals surface area contributed by atoms with Crippen molar-refractivity contribution >= 4 is 69.9 Å². The van der Waals surface area contributed by atoms with Gasteiger partial charge in [0, 0.05) is 30.8 Å². The van der Waals surface area contributed by atoms with Gasteiger partial charge in [-0.1, -0.05) is 229 Å². The molecule has 0 saturated heterocycles. The number of halogens is 2. The van der Waals surface area contributed by atoms with Crippen molar-refractivity contribution in [2.45, 2.75) is 51.4 Å². The van der Waals surface area contributed by atoms with Gasteiger partial charge in [0.05, 0.1) is 0 Å². The minimum Gasteiger partial charge on any atom is -0.398 e. The first-order chi connectivity index (χ1) is 31.5. The molecule has 2 N–H and O–H groups in total. The number of rotatable bonds is 4. The number of nitrogens with two attached hydrogens (primary N) is 1. The predicted molar refractivity (Wildman–Crippen MR) is 285 cm³/mol. The minimum atomic E-state index is -0.0196. The SMILES string of the molecule is CC1(C)c2cc(Br)ccc2-c2ccc(Br)cc21.CC1(C)c2cc(Cc3cccc4ccccc34)ccc2-c2ccc(Cc3cccc4ccccc34)cc21.Nc1cccc2ccccc12. The largest absolute Gasteiger partial charge is 0.398 e. The molecule has 1 nitrogen and oxygen atoms in total. The molecule has 0 atom stereocenters. The molecular weight excluding hydrogens is 918 g/mol. The summed E-state index contributed by atoms with van der Waals surface area (Å²) in [5.41, 5.74) is 23.4. The first-order valence-electron chi connectivity index (χ1n) is 22.5. The molecule has 0 aliphatic heterocycles. The van der Waals surface area contributed by atoms with Gasteiger partial charge in [-0.25, -0.2) is 0 Å². The summed E-state index contributed by atoms with van der Waals surface area (Å²) in [7, 11) is 0. The van der Waals surface area contributed by atoms with Crippen LogP contribution in [0.15, 0.2) is 209 Å². The van der Waals surface area contributed by atoms with Gasteiger partial charge in [-0.15, -0.1) is 0 Å². The summed E-state index contributed by atoms with van der Waals surface area (Å²) in [5.74, 6) is 0. The van der Waals surface area contributed by atoms with Crippen molar-refractivity contribution in [3.63, 3.8) is 0 Å². The number of benzene rings is 10. The quantitative estimate of drug-likeness (QED) is 0.175. The average Bonchev–Trinajstić information content (AvgIpc) is 3.67. The molecule has 0 saturated carbocycles. The number of hydrogen-bond donors (Lipinski definition) is 1. The molecule has 0 heterocycles. The van der Waals surface area contributed by atoms with Crippen molar-refractivity contribution in [2.75, 3.05) is 5.73 Å². The van der Waals surface area contributed by atoms with Crippen molar-refractivity contribution < 1.29 is 0 Å². The molecule has 0 fully saturated rings. The predicted octanol–water partition coefficient (Wildman–Crippen LogP) is 17.4. The lowest BCUT2D eigenvalue weighted by atomic mass is 9.81. The highest BCUT2D eigenvalue weighted by molar-refractivity contribution is 9.10. The lowest BCUT2D eigenvalue weighted by molar-refractivity contribution is 0.658. The summed E-state index contributed by atoms with van der Waals surface area (Å²) >= 11 is 7.13. The van der Waals surface area contributed by atoms with E-state index in [4.69, 9.17) is 5.73 Å². The molecule has 12 rings (SSSR count). The summed E-state index contributed by atoms with van der Waals surface area (Å²) in [6.07, 6.45) is 1.90. The Balaban J connectivity index is 0.000000145. The van der Waals surface area contributed by atoms with Crippen molar-refractivity contribution in [1.29, 1.82) is 0 Å². The third kappa shape index (κ3) is 8.11. The molecule has 0 spiro atoms. The lowest BCUT2D eigenvalue weighted by Crippen LogP contribution is -2.15. The molecule has 10 aromatic rings. The van der Waals surface area contributed by atoms with E-state index in [-0.39, 0.29) is 10.8 Å². The average molecular weight is 970 g/mol. The Kier molecular flexibility index (Phi) is 11.3. The first kappa shape index (κ1) is 42.7.